The Morgan fingerprint density at radius 3 is 2.81 bits per heavy atom. The number of benzene rings is 1. The van der Waals surface area contributed by atoms with Crippen molar-refractivity contribution in [3.8, 4) is 0 Å². The second kappa shape index (κ2) is 7.65. The smallest absolute Gasteiger partial charge is 0.323 e. The molecule has 0 spiro atoms. The Kier molecular flexibility index (Phi) is 5.32. The van der Waals surface area contributed by atoms with Crippen molar-refractivity contribution >= 4 is 40.2 Å². The van der Waals surface area contributed by atoms with Crippen LogP contribution in [0.15, 0.2) is 35.0 Å². The highest BCUT2D eigenvalue weighted by molar-refractivity contribution is 7.99. The van der Waals surface area contributed by atoms with Gasteiger partial charge in [0.2, 0.25) is 5.91 Å². The third-order valence-electron chi connectivity index (χ3n) is 4.02. The lowest BCUT2D eigenvalue weighted by Crippen LogP contribution is -2.14. The van der Waals surface area contributed by atoms with Crippen LogP contribution in [-0.2, 0) is 21.9 Å². The van der Waals surface area contributed by atoms with Gasteiger partial charge in [-0.25, -0.2) is 0 Å². The average Bonchev–Trinajstić information content (AvgIpc) is 3.11. The maximum absolute atomic E-state index is 12.1. The van der Waals surface area contributed by atoms with Crippen molar-refractivity contribution < 1.29 is 19.2 Å². The first-order chi connectivity index (χ1) is 12.4. The van der Waals surface area contributed by atoms with Crippen molar-refractivity contribution in [2.24, 2.45) is 0 Å². The van der Waals surface area contributed by atoms with Crippen LogP contribution in [0.25, 0.3) is 10.9 Å². The lowest BCUT2D eigenvalue weighted by atomic mass is 10.2. The highest BCUT2D eigenvalue weighted by atomic mass is 32.2. The SMILES string of the molecule is Cc1noc(C)c1CSCC(=O)Nc1ccc2c(ccn2CC(=O)O)c1. The summed E-state index contributed by atoms with van der Waals surface area (Å²) in [4.78, 5) is 23.0. The molecule has 136 valence electrons. The van der Waals surface area contributed by atoms with Crippen LogP contribution >= 0.6 is 11.8 Å². The molecule has 7 nitrogen and oxygen atoms in total. The third kappa shape index (κ3) is 4.08. The molecule has 0 aliphatic carbocycles. The van der Waals surface area contributed by atoms with E-state index in [0.29, 0.717) is 17.2 Å². The topological polar surface area (TPSA) is 97.4 Å². The van der Waals surface area contributed by atoms with Gasteiger partial charge in [-0.1, -0.05) is 5.16 Å². The number of nitrogens with one attached hydrogen (secondary N) is 1. The number of hydrogen-bond donors (Lipinski definition) is 2. The molecule has 3 rings (SSSR count). The molecule has 0 fully saturated rings. The van der Waals surface area contributed by atoms with Crippen LogP contribution in [0.3, 0.4) is 0 Å². The number of thioether (sulfide) groups is 1. The minimum Gasteiger partial charge on any atom is -0.480 e. The molecule has 0 bridgehead atoms. The minimum atomic E-state index is -0.893. The summed E-state index contributed by atoms with van der Waals surface area (Å²) >= 11 is 1.50. The fourth-order valence-corrected chi connectivity index (χ4v) is 3.69. The molecule has 26 heavy (non-hydrogen) atoms. The maximum Gasteiger partial charge on any atom is 0.323 e. The molecule has 0 saturated carbocycles. The van der Waals surface area contributed by atoms with Gasteiger partial charge in [0.15, 0.2) is 0 Å². The summed E-state index contributed by atoms with van der Waals surface area (Å²) in [5.74, 6) is 0.793. The number of aromatic nitrogens is 2. The van der Waals surface area contributed by atoms with Crippen molar-refractivity contribution in [2.45, 2.75) is 26.1 Å². The van der Waals surface area contributed by atoms with Gasteiger partial charge in [0.1, 0.15) is 12.3 Å². The number of fused-ring (bicyclic) bond motifs is 1. The highest BCUT2D eigenvalue weighted by Gasteiger charge is 2.11. The van der Waals surface area contributed by atoms with E-state index in [4.69, 9.17) is 9.63 Å². The molecular formula is C18H19N3O4S. The average molecular weight is 373 g/mol. The molecule has 2 N–H and O–H groups in total. The second-order valence-corrected chi connectivity index (χ2v) is 6.94. The molecule has 0 aliphatic rings. The Morgan fingerprint density at radius 1 is 1.31 bits per heavy atom. The highest BCUT2D eigenvalue weighted by Crippen LogP contribution is 2.22. The van der Waals surface area contributed by atoms with Gasteiger partial charge in [-0.2, -0.15) is 0 Å². The zero-order chi connectivity index (χ0) is 18.7. The normalized spacial score (nSPS) is 11.0. The summed E-state index contributed by atoms with van der Waals surface area (Å²) in [5.41, 5.74) is 3.39. The number of amides is 1. The number of aliphatic carboxylic acids is 1. The summed E-state index contributed by atoms with van der Waals surface area (Å²) in [6.07, 6.45) is 1.73. The van der Waals surface area contributed by atoms with E-state index in [1.165, 1.54) is 11.8 Å². The van der Waals surface area contributed by atoms with Crippen LogP contribution in [-0.4, -0.2) is 32.5 Å². The number of rotatable bonds is 7. The number of hydrogen-bond acceptors (Lipinski definition) is 5. The molecule has 8 heteroatoms. The van der Waals surface area contributed by atoms with Crippen molar-refractivity contribution in [2.75, 3.05) is 11.1 Å². The number of aryl methyl sites for hydroxylation is 2. The fourth-order valence-electron chi connectivity index (χ4n) is 2.71. The van der Waals surface area contributed by atoms with Crippen LogP contribution in [0.1, 0.15) is 17.0 Å². The quantitative estimate of drug-likeness (QED) is 0.660. The lowest BCUT2D eigenvalue weighted by Gasteiger charge is -2.07. The molecule has 0 saturated heterocycles. The molecule has 0 aliphatic heterocycles. The Bertz CT molecular complexity index is 941. The van der Waals surface area contributed by atoms with E-state index in [-0.39, 0.29) is 12.5 Å². The molecule has 2 aromatic heterocycles. The summed E-state index contributed by atoms with van der Waals surface area (Å²) in [5, 5.41) is 16.6. The van der Waals surface area contributed by atoms with Crippen LogP contribution in [0.5, 0.6) is 0 Å². The predicted molar refractivity (Wildman–Crippen MR) is 100 cm³/mol. The maximum atomic E-state index is 12.1. The molecule has 2 heterocycles. The van der Waals surface area contributed by atoms with Crippen molar-refractivity contribution in [3.63, 3.8) is 0 Å². The van der Waals surface area contributed by atoms with Crippen LogP contribution < -0.4 is 5.32 Å². The molecule has 0 unspecified atom stereocenters. The Hall–Kier alpha value is -2.74. The van der Waals surface area contributed by atoms with Gasteiger partial charge >= 0.3 is 5.97 Å². The fraction of sp³-hybridized carbons (Fsp3) is 0.278. The van der Waals surface area contributed by atoms with Gasteiger partial charge < -0.3 is 19.5 Å². The first kappa shape index (κ1) is 18.1. The molecular weight excluding hydrogens is 354 g/mol. The molecule has 0 radical (unpaired) electrons. The van der Waals surface area contributed by atoms with Gasteiger partial charge in [0.05, 0.1) is 11.4 Å². The number of carboxylic acid groups (broad SMARTS) is 1. The minimum absolute atomic E-state index is 0.0897. The van der Waals surface area contributed by atoms with Crippen LogP contribution in [0, 0.1) is 13.8 Å². The third-order valence-corrected chi connectivity index (χ3v) is 4.98. The van der Waals surface area contributed by atoms with Gasteiger partial charge in [0.25, 0.3) is 0 Å². The molecule has 1 amide bonds. The summed E-state index contributed by atoms with van der Waals surface area (Å²) in [7, 11) is 0. The van der Waals surface area contributed by atoms with Gasteiger partial charge in [-0.05, 0) is 38.1 Å². The summed E-state index contributed by atoms with van der Waals surface area (Å²) < 4.78 is 6.77. The monoisotopic (exact) mass is 373 g/mol. The second-order valence-electron chi connectivity index (χ2n) is 5.95. The van der Waals surface area contributed by atoms with E-state index in [1.54, 1.807) is 16.8 Å². The first-order valence-corrected chi connectivity index (χ1v) is 9.19. The lowest BCUT2D eigenvalue weighted by molar-refractivity contribution is -0.137. The Labute approximate surface area is 154 Å². The zero-order valence-corrected chi connectivity index (χ0v) is 15.3. The number of anilines is 1. The van der Waals surface area contributed by atoms with E-state index in [0.717, 1.165) is 27.9 Å². The molecule has 1 aromatic carbocycles. The molecule has 3 aromatic rings. The number of carboxylic acids is 1. The Morgan fingerprint density at radius 2 is 2.12 bits per heavy atom. The number of carbonyl (C=O) groups is 2. The van der Waals surface area contributed by atoms with E-state index >= 15 is 0 Å². The van der Waals surface area contributed by atoms with Crippen molar-refractivity contribution in [1.29, 1.82) is 0 Å². The van der Waals surface area contributed by atoms with Gasteiger partial charge in [-0.3, -0.25) is 9.59 Å². The molecule has 0 atom stereocenters. The van der Waals surface area contributed by atoms with E-state index in [1.807, 2.05) is 32.0 Å². The van der Waals surface area contributed by atoms with E-state index < -0.39 is 5.97 Å². The van der Waals surface area contributed by atoms with Crippen LogP contribution in [0.4, 0.5) is 5.69 Å². The number of carbonyl (C=O) groups excluding carboxylic acids is 1. The van der Waals surface area contributed by atoms with E-state index in [9.17, 15) is 9.59 Å². The number of nitrogens with zero attached hydrogens (tertiary/aromatic N) is 2. The van der Waals surface area contributed by atoms with Gasteiger partial charge in [0, 0.05) is 34.1 Å². The Balaban J connectivity index is 1.58. The van der Waals surface area contributed by atoms with Crippen molar-refractivity contribution in [1.82, 2.24) is 9.72 Å². The predicted octanol–water partition coefficient (Wildman–Crippen LogP) is 3.20. The summed E-state index contributed by atoms with van der Waals surface area (Å²) in [6.45, 7) is 3.66. The standard InChI is InChI=1S/C18H19N3O4S/c1-11-15(12(2)25-20-11)9-26-10-17(22)19-14-3-4-16-13(7-14)5-6-21(16)8-18(23)24/h3-7H,8-10H2,1-2H3,(H,19,22)(H,23,24). The summed E-state index contributed by atoms with van der Waals surface area (Å²) in [6, 6.07) is 7.26. The first-order valence-electron chi connectivity index (χ1n) is 8.04. The van der Waals surface area contributed by atoms with E-state index in [2.05, 4.69) is 10.5 Å². The van der Waals surface area contributed by atoms with Crippen molar-refractivity contribution in [3.05, 3.63) is 47.5 Å². The largest absolute Gasteiger partial charge is 0.480 e. The van der Waals surface area contributed by atoms with Gasteiger partial charge in [-0.15, -0.1) is 11.8 Å². The van der Waals surface area contributed by atoms with Crippen LogP contribution in [0.2, 0.25) is 0 Å². The zero-order valence-electron chi connectivity index (χ0n) is 14.5.